The van der Waals surface area contributed by atoms with Crippen LogP contribution in [0.1, 0.15) is 0 Å². The van der Waals surface area contributed by atoms with Crippen molar-refractivity contribution in [3.05, 3.63) is 7.43 Å². The molecule has 6 heavy (non-hydrogen) atoms. The Hall–Kier alpha value is -0.783. The van der Waals surface area contributed by atoms with Gasteiger partial charge in [-0.15, -0.1) is 0 Å². The summed E-state index contributed by atoms with van der Waals surface area (Å²) in [5.41, 5.74) is 0. The molecule has 0 spiro atoms. The van der Waals surface area contributed by atoms with Crippen molar-refractivity contribution in [3.63, 3.8) is 0 Å². The third-order valence-corrected chi connectivity index (χ3v) is 0. The molecular formula is C4H12CmSi-. The molecule has 0 saturated heterocycles. The van der Waals surface area contributed by atoms with Gasteiger partial charge < -0.3 is 7.43 Å². The van der Waals surface area contributed by atoms with Crippen LogP contribution in [0.5, 0.6) is 0 Å². The summed E-state index contributed by atoms with van der Waals surface area (Å²) in [5, 5.41) is 0. The van der Waals surface area contributed by atoms with Crippen molar-refractivity contribution in [2.45, 2.75) is 19.6 Å². The van der Waals surface area contributed by atoms with Crippen LogP contribution in [0.4, 0.5) is 0 Å². The summed E-state index contributed by atoms with van der Waals surface area (Å²) in [6.45, 7) is 6.81. The third kappa shape index (κ3) is 25.8. The molecule has 41 valence electrons. The van der Waals surface area contributed by atoms with Gasteiger partial charge in [0.2, 0.25) is 0 Å². The van der Waals surface area contributed by atoms with E-state index in [9.17, 15) is 0 Å². The SMILES string of the molecule is C[Si](C)C.[CH3-].[Cm]. The molecule has 0 saturated carbocycles. The van der Waals surface area contributed by atoms with Gasteiger partial charge >= 0.3 is 0 Å². The van der Waals surface area contributed by atoms with Crippen LogP contribution in [0, 0.1) is 7.43 Å². The Kier molecular flexibility index (Phi) is 27.9. The Balaban J connectivity index is -0.0000000450. The smallest absolute Gasteiger partial charge is 0.0379 e. The van der Waals surface area contributed by atoms with Gasteiger partial charge in [-0.1, -0.05) is 19.6 Å². The van der Waals surface area contributed by atoms with E-state index in [0.29, 0.717) is 0 Å². The average Bonchev–Trinajstić information content (AvgIpc) is 0.811. The fraction of sp³-hybridized carbons (Fsp3) is 0.750. The van der Waals surface area contributed by atoms with Gasteiger partial charge in [0, 0.05) is 8.80 Å². The molecule has 0 nitrogen and oxygen atoms in total. The molecule has 0 heterocycles. The van der Waals surface area contributed by atoms with Crippen LogP contribution in [0.15, 0.2) is 0 Å². The average molecular weight is 335 g/mol. The van der Waals surface area contributed by atoms with Gasteiger partial charge in [0.1, 0.15) is 0 Å². The summed E-state index contributed by atoms with van der Waals surface area (Å²) in [6.07, 6.45) is 0. The monoisotopic (exact) mass is 331 g/mol. The molecule has 0 fully saturated rings. The summed E-state index contributed by atoms with van der Waals surface area (Å²) in [7, 11) is 0.120. The molecule has 0 atom stereocenters. The van der Waals surface area contributed by atoms with E-state index in [1.807, 2.05) is 0 Å². The second-order valence-electron chi connectivity index (χ2n) is 1.50. The molecule has 1 radical (unpaired) electrons. The molecule has 0 unspecified atom stereocenters. The molecule has 0 aliphatic carbocycles. The Labute approximate surface area is 36.8 Å². The predicted octanol–water partition coefficient (Wildman–Crippen LogP) is 1.82. The van der Waals surface area contributed by atoms with Gasteiger partial charge in [-0.2, -0.15) is 0 Å². The number of hydrogen-bond donors (Lipinski definition) is 0. The molecule has 0 N–H and O–H groups in total. The summed E-state index contributed by atoms with van der Waals surface area (Å²) in [5.74, 6) is 0. The van der Waals surface area contributed by atoms with Crippen LogP contribution >= 0.6 is 0 Å². The zero-order valence-corrected chi connectivity index (χ0v) is 8.80. The second kappa shape index (κ2) is 8.88. The fourth-order valence-corrected chi connectivity index (χ4v) is 0. The van der Waals surface area contributed by atoms with Gasteiger partial charge in [-0.25, -0.2) is 0 Å². The van der Waals surface area contributed by atoms with E-state index < -0.39 is 0 Å². The van der Waals surface area contributed by atoms with E-state index in [1.54, 1.807) is 0 Å². The van der Waals surface area contributed by atoms with E-state index in [0.717, 1.165) is 0 Å². The normalized spacial score (nSPS) is 6.00. The number of rotatable bonds is 0. The molecule has 0 amide bonds. The van der Waals surface area contributed by atoms with Crippen molar-refractivity contribution in [2.24, 2.45) is 0 Å². The second-order valence-corrected chi connectivity index (χ2v) is 4.50. The quantitative estimate of drug-likeness (QED) is 0.468. The Morgan fingerprint density at radius 1 is 1.00 bits per heavy atom. The predicted molar refractivity (Wildman–Crippen MR) is 29.8 cm³/mol. The van der Waals surface area contributed by atoms with E-state index in [-0.39, 0.29) is 16.2 Å². The van der Waals surface area contributed by atoms with Crippen molar-refractivity contribution < 1.29 is 0 Å². The summed E-state index contributed by atoms with van der Waals surface area (Å²) in [6, 6.07) is 0. The van der Waals surface area contributed by atoms with Gasteiger partial charge in [-0.3, -0.25) is 0 Å². The van der Waals surface area contributed by atoms with E-state index in [2.05, 4.69) is 19.6 Å². The number of hydrogen-bond acceptors (Lipinski definition) is 0. The maximum Gasteiger partial charge on any atom is 0.0379 e. The Morgan fingerprint density at radius 3 is 1.00 bits per heavy atom. The van der Waals surface area contributed by atoms with Crippen molar-refractivity contribution in [2.75, 3.05) is 0 Å². The summed E-state index contributed by atoms with van der Waals surface area (Å²) < 4.78 is 0. The molecule has 0 aromatic heterocycles. The van der Waals surface area contributed by atoms with Crippen LogP contribution < -0.4 is 0 Å². The minimum absolute atomic E-state index is 0. The largest absolute Gasteiger partial charge is 0.358 e. The molecule has 2 heteroatoms. The maximum atomic E-state index is 2.27. The molecule has 0 bridgehead atoms. The van der Waals surface area contributed by atoms with E-state index in [1.165, 1.54) is 0 Å². The van der Waals surface area contributed by atoms with E-state index >= 15 is 0 Å². The van der Waals surface area contributed by atoms with Gasteiger partial charge in [0.05, 0.1) is 0 Å². The molecule has 0 rings (SSSR count). The van der Waals surface area contributed by atoms with Crippen molar-refractivity contribution >= 4 is 8.80 Å². The topological polar surface area (TPSA) is 0 Å². The van der Waals surface area contributed by atoms with Crippen molar-refractivity contribution in [1.82, 2.24) is 0 Å². The Bertz CT molecular complexity index is 12.3. The first kappa shape index (κ1) is 18.9. The standard InChI is InChI=1S/C3H9Si.CH3.Cm/c1-4(2)3;;/h1-3H3;1H3;/q;-1;. The summed E-state index contributed by atoms with van der Waals surface area (Å²) >= 11 is 0. The molecule has 0 aromatic carbocycles. The molecule has 0 aliphatic rings. The maximum absolute atomic E-state index is 2.27. The van der Waals surface area contributed by atoms with Crippen LogP contribution in [0.3, 0.4) is 0 Å². The Morgan fingerprint density at radius 2 is 1.00 bits per heavy atom. The van der Waals surface area contributed by atoms with Crippen molar-refractivity contribution in [1.29, 1.82) is 0 Å². The van der Waals surface area contributed by atoms with Gasteiger partial charge in [-0.05, 0) is 0 Å². The van der Waals surface area contributed by atoms with Gasteiger partial charge in [0.25, 0.3) is 0 Å². The summed E-state index contributed by atoms with van der Waals surface area (Å²) in [4.78, 5) is 0. The van der Waals surface area contributed by atoms with Crippen molar-refractivity contribution in [3.8, 4) is 0 Å². The molecular weight excluding hydrogens is 323 g/mol. The minimum atomic E-state index is 0. The van der Waals surface area contributed by atoms with E-state index in [4.69, 9.17) is 0 Å². The van der Waals surface area contributed by atoms with Crippen LogP contribution in [-0.4, -0.2) is 8.80 Å². The fourth-order valence-electron chi connectivity index (χ4n) is 0. The third-order valence-electron chi connectivity index (χ3n) is 0. The van der Waals surface area contributed by atoms with Crippen LogP contribution in [0.25, 0.3) is 0 Å². The van der Waals surface area contributed by atoms with Crippen LogP contribution in [0.2, 0.25) is 19.6 Å². The molecule has 0 aliphatic heterocycles. The zero-order chi connectivity index (χ0) is 3.58. The van der Waals surface area contributed by atoms with Crippen LogP contribution in [-0.2, 0) is 0 Å². The van der Waals surface area contributed by atoms with Gasteiger partial charge in [0.15, 0.2) is 0 Å². The first-order valence-electron chi connectivity index (χ1n) is 1.50. The minimum Gasteiger partial charge on any atom is -0.358 e. The zero-order valence-electron chi connectivity index (χ0n) is 4.85. The molecule has 0 aromatic rings. The first-order valence-corrected chi connectivity index (χ1v) is 4.50. The first-order chi connectivity index (χ1) is 1.73.